The first-order valence-electron chi connectivity index (χ1n) is 8.54. The van der Waals surface area contributed by atoms with Crippen LogP contribution in [0.4, 0.5) is 5.88 Å². The smallest absolute Gasteiger partial charge is 0.222 e. The molecule has 0 fully saturated rings. The number of hydrogen-bond acceptors (Lipinski definition) is 3. The van der Waals surface area contributed by atoms with E-state index < -0.39 is 0 Å². The molecule has 0 bridgehead atoms. The highest BCUT2D eigenvalue weighted by atomic mass is 16.5. The maximum absolute atomic E-state index is 5.49. The molecule has 0 saturated carbocycles. The molecule has 0 aliphatic heterocycles. The fourth-order valence-electron chi connectivity index (χ4n) is 2.59. The zero-order chi connectivity index (χ0) is 14.5. The van der Waals surface area contributed by atoms with Gasteiger partial charge in [-0.1, -0.05) is 82.7 Å². The molecular formula is C17H32N2O. The normalized spacial score (nSPS) is 11.1. The van der Waals surface area contributed by atoms with Crippen LogP contribution in [0.3, 0.4) is 0 Å². The maximum atomic E-state index is 5.49. The average Bonchev–Trinajstić information content (AvgIpc) is 2.86. The minimum Gasteiger partial charge on any atom is -0.368 e. The van der Waals surface area contributed by atoms with Crippen LogP contribution in [-0.2, 0) is 6.42 Å². The minimum absolute atomic E-state index is 0.430. The van der Waals surface area contributed by atoms with Gasteiger partial charge in [0.25, 0.3) is 0 Å². The quantitative estimate of drug-likeness (QED) is 0.485. The molecule has 0 unspecified atom stereocenters. The lowest BCUT2D eigenvalue weighted by molar-refractivity contribution is 0.425. The number of nitrogens with zero attached hydrogens (tertiary/aromatic N) is 1. The molecule has 116 valence electrons. The zero-order valence-corrected chi connectivity index (χ0v) is 13.2. The van der Waals surface area contributed by atoms with Crippen LogP contribution in [0.25, 0.3) is 0 Å². The first kappa shape index (κ1) is 17.1. The Hall–Kier alpha value is -0.990. The molecule has 1 rings (SSSR count). The number of aryl methyl sites for hydroxylation is 1. The van der Waals surface area contributed by atoms with Crippen LogP contribution >= 0.6 is 0 Å². The Morgan fingerprint density at radius 1 is 0.850 bits per heavy atom. The van der Waals surface area contributed by atoms with Crippen molar-refractivity contribution in [3.63, 3.8) is 0 Å². The molecule has 0 aromatic carbocycles. The Bertz CT molecular complexity index is 323. The van der Waals surface area contributed by atoms with Gasteiger partial charge in [-0.2, -0.15) is 0 Å². The lowest BCUT2D eigenvalue weighted by Crippen LogP contribution is -1.86. The van der Waals surface area contributed by atoms with Crippen molar-refractivity contribution in [2.24, 2.45) is 0 Å². The van der Waals surface area contributed by atoms with Crippen molar-refractivity contribution in [1.82, 2.24) is 5.16 Å². The van der Waals surface area contributed by atoms with Crippen molar-refractivity contribution in [3.05, 3.63) is 11.8 Å². The summed E-state index contributed by atoms with van der Waals surface area (Å²) in [7, 11) is 0. The Morgan fingerprint density at radius 3 is 1.80 bits per heavy atom. The van der Waals surface area contributed by atoms with Crippen molar-refractivity contribution in [2.45, 2.75) is 90.4 Å². The maximum Gasteiger partial charge on any atom is 0.222 e. The topological polar surface area (TPSA) is 52.0 Å². The molecule has 1 aromatic rings. The van der Waals surface area contributed by atoms with E-state index in [-0.39, 0.29) is 0 Å². The molecule has 0 radical (unpaired) electrons. The summed E-state index contributed by atoms with van der Waals surface area (Å²) in [4.78, 5) is 0. The van der Waals surface area contributed by atoms with E-state index in [2.05, 4.69) is 12.1 Å². The Balaban J connectivity index is 1.76. The number of nitrogen functional groups attached to an aromatic ring is 1. The second-order valence-electron chi connectivity index (χ2n) is 5.86. The Labute approximate surface area is 124 Å². The zero-order valence-electron chi connectivity index (χ0n) is 13.2. The molecule has 3 nitrogen and oxygen atoms in total. The summed E-state index contributed by atoms with van der Waals surface area (Å²) in [6.45, 7) is 2.28. The SMILES string of the molecule is CCCCCCCCCCCCCCc1cc(N)on1. The molecule has 1 heterocycles. The summed E-state index contributed by atoms with van der Waals surface area (Å²) in [6.07, 6.45) is 17.6. The summed E-state index contributed by atoms with van der Waals surface area (Å²) in [5.74, 6) is 0.430. The standard InChI is InChI=1S/C17H32N2O/c1-2-3-4-5-6-7-8-9-10-11-12-13-14-16-15-17(18)20-19-16/h15H,2-14,18H2,1H3. The second-order valence-corrected chi connectivity index (χ2v) is 5.86. The van der Waals surface area contributed by atoms with Crippen molar-refractivity contribution in [3.8, 4) is 0 Å². The predicted molar refractivity (Wildman–Crippen MR) is 85.7 cm³/mol. The van der Waals surface area contributed by atoms with E-state index in [1.165, 1.54) is 77.0 Å². The van der Waals surface area contributed by atoms with E-state index in [9.17, 15) is 0 Å². The fourth-order valence-corrected chi connectivity index (χ4v) is 2.59. The second kappa shape index (κ2) is 11.8. The van der Waals surface area contributed by atoms with Gasteiger partial charge in [-0.3, -0.25) is 0 Å². The van der Waals surface area contributed by atoms with Crippen molar-refractivity contribution >= 4 is 5.88 Å². The molecule has 1 aromatic heterocycles. The molecule has 0 saturated heterocycles. The monoisotopic (exact) mass is 280 g/mol. The highest BCUT2D eigenvalue weighted by Gasteiger charge is 2.00. The number of hydrogen-bond donors (Lipinski definition) is 1. The number of rotatable bonds is 13. The first-order chi connectivity index (χ1) is 9.83. The van der Waals surface area contributed by atoms with Crippen LogP contribution < -0.4 is 5.73 Å². The van der Waals surface area contributed by atoms with Crippen LogP contribution in [0.1, 0.15) is 89.7 Å². The van der Waals surface area contributed by atoms with Crippen LogP contribution in [0.5, 0.6) is 0 Å². The fraction of sp³-hybridized carbons (Fsp3) is 0.824. The molecule has 0 spiro atoms. The molecule has 20 heavy (non-hydrogen) atoms. The third kappa shape index (κ3) is 9.00. The summed E-state index contributed by atoms with van der Waals surface area (Å²) in [5, 5.41) is 3.90. The molecule has 0 aliphatic carbocycles. The summed E-state index contributed by atoms with van der Waals surface area (Å²) < 4.78 is 4.85. The van der Waals surface area contributed by atoms with Gasteiger partial charge in [-0.15, -0.1) is 0 Å². The van der Waals surface area contributed by atoms with E-state index in [0.29, 0.717) is 5.88 Å². The third-order valence-corrected chi connectivity index (χ3v) is 3.86. The van der Waals surface area contributed by atoms with E-state index in [1.807, 2.05) is 6.07 Å². The van der Waals surface area contributed by atoms with E-state index in [1.54, 1.807) is 0 Å². The van der Waals surface area contributed by atoms with Gasteiger partial charge in [-0.25, -0.2) is 0 Å². The van der Waals surface area contributed by atoms with Gasteiger partial charge >= 0.3 is 0 Å². The number of aromatic nitrogens is 1. The van der Waals surface area contributed by atoms with Gasteiger partial charge in [0.05, 0.1) is 5.69 Å². The first-order valence-corrected chi connectivity index (χ1v) is 8.54. The van der Waals surface area contributed by atoms with Gasteiger partial charge in [0.15, 0.2) is 0 Å². The van der Waals surface area contributed by atoms with Crippen molar-refractivity contribution < 1.29 is 4.52 Å². The Morgan fingerprint density at radius 2 is 1.35 bits per heavy atom. The predicted octanol–water partition coefficient (Wildman–Crippen LogP) is 5.50. The van der Waals surface area contributed by atoms with E-state index in [4.69, 9.17) is 10.3 Å². The van der Waals surface area contributed by atoms with Crippen molar-refractivity contribution in [1.29, 1.82) is 0 Å². The van der Waals surface area contributed by atoms with Crippen LogP contribution in [0.15, 0.2) is 10.6 Å². The molecule has 0 aliphatic rings. The molecular weight excluding hydrogens is 248 g/mol. The molecule has 0 atom stereocenters. The van der Waals surface area contributed by atoms with Crippen LogP contribution in [0, 0.1) is 0 Å². The minimum atomic E-state index is 0.430. The average molecular weight is 280 g/mol. The van der Waals surface area contributed by atoms with Gasteiger partial charge in [0.1, 0.15) is 0 Å². The lowest BCUT2D eigenvalue weighted by Gasteiger charge is -2.02. The Kier molecular flexibility index (Phi) is 10.1. The van der Waals surface area contributed by atoms with Gasteiger partial charge < -0.3 is 10.3 Å². The summed E-state index contributed by atoms with van der Waals surface area (Å²) in [5.41, 5.74) is 6.48. The highest BCUT2D eigenvalue weighted by molar-refractivity contribution is 5.24. The summed E-state index contributed by atoms with van der Waals surface area (Å²) >= 11 is 0. The molecule has 0 amide bonds. The number of anilines is 1. The van der Waals surface area contributed by atoms with Gasteiger partial charge in [-0.05, 0) is 12.8 Å². The van der Waals surface area contributed by atoms with E-state index >= 15 is 0 Å². The van der Waals surface area contributed by atoms with Crippen LogP contribution in [0.2, 0.25) is 0 Å². The van der Waals surface area contributed by atoms with Crippen molar-refractivity contribution in [2.75, 3.05) is 5.73 Å². The number of nitrogens with two attached hydrogens (primary N) is 1. The molecule has 3 heteroatoms. The van der Waals surface area contributed by atoms with Crippen LogP contribution in [-0.4, -0.2) is 5.16 Å². The third-order valence-electron chi connectivity index (χ3n) is 3.86. The largest absolute Gasteiger partial charge is 0.368 e. The molecule has 2 N–H and O–H groups in total. The lowest BCUT2D eigenvalue weighted by atomic mass is 10.0. The van der Waals surface area contributed by atoms with Gasteiger partial charge in [0, 0.05) is 6.07 Å². The van der Waals surface area contributed by atoms with Gasteiger partial charge in [0.2, 0.25) is 5.88 Å². The highest BCUT2D eigenvalue weighted by Crippen LogP contribution is 2.13. The summed E-state index contributed by atoms with van der Waals surface area (Å²) in [6, 6.07) is 1.83. The van der Waals surface area contributed by atoms with E-state index in [0.717, 1.165) is 12.1 Å². The number of unbranched alkanes of at least 4 members (excludes halogenated alkanes) is 11.